The van der Waals surface area contributed by atoms with Gasteiger partial charge in [-0.3, -0.25) is 4.90 Å². The molecule has 4 rings (SSSR count). The van der Waals surface area contributed by atoms with E-state index in [0.717, 1.165) is 45.6 Å². The molecular weight excluding hydrogens is 325 g/mol. The van der Waals surface area contributed by atoms with E-state index in [0.29, 0.717) is 30.8 Å². The molecule has 134 valence electrons. The molecule has 0 spiro atoms. The Balaban J connectivity index is 1.31. The van der Waals surface area contributed by atoms with Gasteiger partial charge >= 0.3 is 0 Å². The van der Waals surface area contributed by atoms with Gasteiger partial charge in [-0.2, -0.15) is 0 Å². The number of pyridine rings is 1. The first kappa shape index (κ1) is 16.4. The second-order valence-electron chi connectivity index (χ2n) is 6.52. The molecule has 0 amide bonds. The number of nitrogens with zero attached hydrogens (tertiary/aromatic N) is 5. The molecular formula is C17H22FN5O2. The minimum Gasteiger partial charge on any atom is -0.423 e. The maximum atomic E-state index is 13.8. The van der Waals surface area contributed by atoms with E-state index in [2.05, 4.69) is 20.1 Å². The quantitative estimate of drug-likeness (QED) is 0.836. The molecule has 25 heavy (non-hydrogen) atoms. The predicted octanol–water partition coefficient (Wildman–Crippen LogP) is 1.82. The highest BCUT2D eigenvalue weighted by Crippen LogP contribution is 2.24. The lowest BCUT2D eigenvalue weighted by atomic mass is 10.0. The van der Waals surface area contributed by atoms with Crippen LogP contribution in [0.4, 0.5) is 10.2 Å². The molecule has 0 radical (unpaired) electrons. The highest BCUT2D eigenvalue weighted by molar-refractivity contribution is 5.40. The standard InChI is InChI=1S/C17H22FN5O2/c18-14-4-1-5-19-16(14)23-8-6-22(7-9-23)11-15-20-21-17(25-15)13-3-2-10-24-12-13/h1,4-5,13H,2-3,6-12H2. The Morgan fingerprint density at radius 3 is 2.84 bits per heavy atom. The highest BCUT2D eigenvalue weighted by Gasteiger charge is 2.24. The summed E-state index contributed by atoms with van der Waals surface area (Å²) in [4.78, 5) is 8.36. The zero-order chi connectivity index (χ0) is 17.1. The summed E-state index contributed by atoms with van der Waals surface area (Å²) in [6.45, 7) is 5.17. The average Bonchev–Trinajstić information content (AvgIpc) is 3.12. The van der Waals surface area contributed by atoms with E-state index in [1.165, 1.54) is 6.07 Å². The number of ether oxygens (including phenoxy) is 1. The lowest BCUT2D eigenvalue weighted by Crippen LogP contribution is -2.46. The molecule has 1 unspecified atom stereocenters. The van der Waals surface area contributed by atoms with Gasteiger partial charge in [-0.1, -0.05) is 0 Å². The molecule has 0 aromatic carbocycles. The van der Waals surface area contributed by atoms with Crippen LogP contribution in [0.3, 0.4) is 0 Å². The molecule has 0 saturated carbocycles. The maximum Gasteiger partial charge on any atom is 0.230 e. The number of hydrogen-bond acceptors (Lipinski definition) is 7. The zero-order valence-corrected chi connectivity index (χ0v) is 14.1. The second kappa shape index (κ2) is 7.45. The number of anilines is 1. The van der Waals surface area contributed by atoms with Crippen LogP contribution >= 0.6 is 0 Å². The Kier molecular flexibility index (Phi) is 4.89. The number of aromatic nitrogens is 3. The van der Waals surface area contributed by atoms with Crippen LogP contribution in [0.1, 0.15) is 30.5 Å². The minimum atomic E-state index is -0.271. The Hall–Kier alpha value is -2.06. The fraction of sp³-hybridized carbons (Fsp3) is 0.588. The fourth-order valence-electron chi connectivity index (χ4n) is 3.35. The van der Waals surface area contributed by atoms with Gasteiger partial charge in [-0.25, -0.2) is 9.37 Å². The predicted molar refractivity (Wildman–Crippen MR) is 88.8 cm³/mol. The summed E-state index contributed by atoms with van der Waals surface area (Å²) in [7, 11) is 0. The third-order valence-electron chi connectivity index (χ3n) is 4.76. The number of piperazine rings is 1. The molecule has 0 aliphatic carbocycles. The van der Waals surface area contributed by atoms with E-state index in [9.17, 15) is 4.39 Å². The average molecular weight is 347 g/mol. The molecule has 2 saturated heterocycles. The molecule has 0 N–H and O–H groups in total. The first-order valence-corrected chi connectivity index (χ1v) is 8.77. The number of rotatable bonds is 4. The number of halogens is 1. The summed E-state index contributed by atoms with van der Waals surface area (Å²) in [5.74, 6) is 1.70. The van der Waals surface area contributed by atoms with Crippen molar-refractivity contribution >= 4 is 5.82 Å². The van der Waals surface area contributed by atoms with Gasteiger partial charge in [-0.15, -0.1) is 10.2 Å². The SMILES string of the molecule is Fc1cccnc1N1CCN(Cc2nnc(C3CCCOC3)o2)CC1. The lowest BCUT2D eigenvalue weighted by Gasteiger charge is -2.34. The molecule has 2 aromatic heterocycles. The van der Waals surface area contributed by atoms with Crippen molar-refractivity contribution < 1.29 is 13.5 Å². The molecule has 0 bridgehead atoms. The molecule has 4 heterocycles. The van der Waals surface area contributed by atoms with Crippen LogP contribution in [0, 0.1) is 5.82 Å². The van der Waals surface area contributed by atoms with Crippen LogP contribution in [0.15, 0.2) is 22.7 Å². The van der Waals surface area contributed by atoms with Gasteiger partial charge in [0.15, 0.2) is 11.6 Å². The lowest BCUT2D eigenvalue weighted by molar-refractivity contribution is 0.0717. The van der Waals surface area contributed by atoms with Crippen molar-refractivity contribution in [3.8, 4) is 0 Å². The molecule has 2 aliphatic rings. The van der Waals surface area contributed by atoms with Crippen molar-refractivity contribution in [2.45, 2.75) is 25.3 Å². The van der Waals surface area contributed by atoms with Gasteiger partial charge in [0.1, 0.15) is 0 Å². The van der Waals surface area contributed by atoms with Crippen LogP contribution in [0.5, 0.6) is 0 Å². The summed E-state index contributed by atoms with van der Waals surface area (Å²) in [6.07, 6.45) is 3.70. The van der Waals surface area contributed by atoms with Crippen molar-refractivity contribution in [2.75, 3.05) is 44.3 Å². The molecule has 2 fully saturated rings. The Bertz CT molecular complexity index is 696. The third kappa shape index (κ3) is 3.80. The van der Waals surface area contributed by atoms with Gasteiger partial charge in [-0.05, 0) is 25.0 Å². The zero-order valence-electron chi connectivity index (χ0n) is 14.1. The topological polar surface area (TPSA) is 67.5 Å². The van der Waals surface area contributed by atoms with E-state index in [-0.39, 0.29) is 11.7 Å². The van der Waals surface area contributed by atoms with Gasteiger partial charge in [0.05, 0.1) is 19.1 Å². The first-order valence-electron chi connectivity index (χ1n) is 8.77. The fourth-order valence-corrected chi connectivity index (χ4v) is 3.35. The number of hydrogen-bond donors (Lipinski definition) is 0. The van der Waals surface area contributed by atoms with Gasteiger partial charge in [0.2, 0.25) is 11.8 Å². The Labute approximate surface area is 145 Å². The Morgan fingerprint density at radius 1 is 1.20 bits per heavy atom. The molecule has 2 aliphatic heterocycles. The van der Waals surface area contributed by atoms with E-state index in [4.69, 9.17) is 9.15 Å². The summed E-state index contributed by atoms with van der Waals surface area (Å²) in [5.41, 5.74) is 0. The molecule has 7 nitrogen and oxygen atoms in total. The maximum absolute atomic E-state index is 13.8. The van der Waals surface area contributed by atoms with Crippen molar-refractivity contribution in [3.63, 3.8) is 0 Å². The van der Waals surface area contributed by atoms with Gasteiger partial charge < -0.3 is 14.1 Å². The summed E-state index contributed by atoms with van der Waals surface area (Å²) in [5, 5.41) is 8.36. The van der Waals surface area contributed by atoms with Gasteiger partial charge in [0.25, 0.3) is 0 Å². The molecule has 1 atom stereocenters. The monoisotopic (exact) mass is 347 g/mol. The molecule has 2 aromatic rings. The smallest absolute Gasteiger partial charge is 0.230 e. The largest absolute Gasteiger partial charge is 0.423 e. The normalized spacial score (nSPS) is 22.3. The summed E-state index contributed by atoms with van der Waals surface area (Å²) >= 11 is 0. The van der Waals surface area contributed by atoms with Crippen LogP contribution in [-0.2, 0) is 11.3 Å². The van der Waals surface area contributed by atoms with Crippen LogP contribution in [-0.4, -0.2) is 59.5 Å². The summed E-state index contributed by atoms with van der Waals surface area (Å²) in [6, 6.07) is 3.06. The van der Waals surface area contributed by atoms with Crippen molar-refractivity contribution in [3.05, 3.63) is 35.9 Å². The van der Waals surface area contributed by atoms with E-state index >= 15 is 0 Å². The van der Waals surface area contributed by atoms with Crippen molar-refractivity contribution in [1.29, 1.82) is 0 Å². The van der Waals surface area contributed by atoms with E-state index in [1.807, 2.05) is 4.90 Å². The third-order valence-corrected chi connectivity index (χ3v) is 4.76. The van der Waals surface area contributed by atoms with Crippen molar-refractivity contribution in [2.24, 2.45) is 0 Å². The van der Waals surface area contributed by atoms with Gasteiger partial charge in [0, 0.05) is 39.0 Å². The highest BCUT2D eigenvalue weighted by atomic mass is 19.1. The Morgan fingerprint density at radius 2 is 2.08 bits per heavy atom. The van der Waals surface area contributed by atoms with Crippen LogP contribution < -0.4 is 4.90 Å². The summed E-state index contributed by atoms with van der Waals surface area (Å²) < 4.78 is 25.1. The second-order valence-corrected chi connectivity index (χ2v) is 6.52. The first-order chi connectivity index (χ1) is 12.3. The van der Waals surface area contributed by atoms with E-state index < -0.39 is 0 Å². The van der Waals surface area contributed by atoms with Crippen molar-refractivity contribution in [1.82, 2.24) is 20.1 Å². The van der Waals surface area contributed by atoms with E-state index in [1.54, 1.807) is 12.3 Å². The van der Waals surface area contributed by atoms with Crippen LogP contribution in [0.2, 0.25) is 0 Å². The minimum absolute atomic E-state index is 0.221. The van der Waals surface area contributed by atoms with Crippen LogP contribution in [0.25, 0.3) is 0 Å². The molecule has 8 heteroatoms.